The Labute approximate surface area is 128 Å². The average molecular weight is 295 g/mol. The molecule has 1 rings (SSSR count). The Hall–Kier alpha value is -0.990. The van der Waals surface area contributed by atoms with Crippen LogP contribution >= 0.6 is 11.6 Å². The minimum absolute atomic E-state index is 0.334. The van der Waals surface area contributed by atoms with Crippen LogP contribution in [0.4, 0.5) is 5.69 Å². The van der Waals surface area contributed by atoms with Crippen LogP contribution in [0.25, 0.3) is 0 Å². The van der Waals surface area contributed by atoms with E-state index in [1.54, 1.807) is 0 Å². The summed E-state index contributed by atoms with van der Waals surface area (Å²) in [7, 11) is 0. The number of rotatable bonds is 9. The average Bonchev–Trinajstić information content (AvgIpc) is 2.44. The van der Waals surface area contributed by atoms with Crippen molar-refractivity contribution in [2.75, 3.05) is 24.5 Å². The van der Waals surface area contributed by atoms with Crippen LogP contribution in [-0.2, 0) is 0 Å². The molecule has 2 nitrogen and oxygen atoms in total. The van der Waals surface area contributed by atoms with Crippen molar-refractivity contribution in [1.29, 1.82) is 0 Å². The molecule has 1 unspecified atom stereocenters. The van der Waals surface area contributed by atoms with Crippen molar-refractivity contribution in [3.8, 4) is 0 Å². The molecule has 0 spiro atoms. The Balaban J connectivity index is 2.87. The van der Waals surface area contributed by atoms with Gasteiger partial charge in [-0.3, -0.25) is 0 Å². The predicted molar refractivity (Wildman–Crippen MR) is 90.9 cm³/mol. The zero-order valence-corrected chi connectivity index (χ0v) is 13.7. The number of anilines is 1. The molecule has 0 aliphatic heterocycles. The smallest absolute Gasteiger partial charge is 0.0643 e. The number of nitrogens with zero attached hydrogens (tertiary/aromatic N) is 1. The quantitative estimate of drug-likeness (QED) is 0.658. The second kappa shape index (κ2) is 9.04. The van der Waals surface area contributed by atoms with E-state index < -0.39 is 0 Å². The SMILES string of the molecule is C=CCN(CCC)c1ccc(C(C)NCCC)cc1Cl. The summed E-state index contributed by atoms with van der Waals surface area (Å²) < 4.78 is 0. The van der Waals surface area contributed by atoms with Crippen LogP contribution in [0.2, 0.25) is 5.02 Å². The molecule has 0 radical (unpaired) electrons. The van der Waals surface area contributed by atoms with Crippen molar-refractivity contribution in [2.45, 2.75) is 39.7 Å². The normalized spacial score (nSPS) is 12.2. The molecule has 0 aliphatic carbocycles. The van der Waals surface area contributed by atoms with Gasteiger partial charge in [0.2, 0.25) is 0 Å². The molecule has 0 saturated carbocycles. The Morgan fingerprint density at radius 3 is 2.65 bits per heavy atom. The fourth-order valence-electron chi connectivity index (χ4n) is 2.26. The second-order valence-corrected chi connectivity index (χ2v) is 5.53. The number of nitrogens with one attached hydrogen (secondary N) is 1. The van der Waals surface area contributed by atoms with Crippen LogP contribution in [0.3, 0.4) is 0 Å². The highest BCUT2D eigenvalue weighted by Crippen LogP contribution is 2.29. The fourth-order valence-corrected chi connectivity index (χ4v) is 2.57. The van der Waals surface area contributed by atoms with Crippen LogP contribution in [0.1, 0.15) is 45.2 Å². The first kappa shape index (κ1) is 17.1. The minimum Gasteiger partial charge on any atom is -0.367 e. The van der Waals surface area contributed by atoms with Gasteiger partial charge in [0.1, 0.15) is 0 Å². The van der Waals surface area contributed by atoms with Crippen molar-refractivity contribution >= 4 is 17.3 Å². The third kappa shape index (κ3) is 4.84. The van der Waals surface area contributed by atoms with Crippen LogP contribution in [0.15, 0.2) is 30.9 Å². The van der Waals surface area contributed by atoms with E-state index in [2.05, 4.69) is 55.8 Å². The van der Waals surface area contributed by atoms with E-state index in [1.807, 2.05) is 6.08 Å². The molecule has 0 amide bonds. The van der Waals surface area contributed by atoms with Gasteiger partial charge < -0.3 is 10.2 Å². The molecule has 0 aliphatic rings. The second-order valence-electron chi connectivity index (χ2n) is 5.12. The van der Waals surface area contributed by atoms with Crippen molar-refractivity contribution in [3.05, 3.63) is 41.4 Å². The van der Waals surface area contributed by atoms with Crippen molar-refractivity contribution in [3.63, 3.8) is 0 Å². The van der Waals surface area contributed by atoms with E-state index in [4.69, 9.17) is 11.6 Å². The highest BCUT2D eigenvalue weighted by molar-refractivity contribution is 6.33. The van der Waals surface area contributed by atoms with E-state index in [0.29, 0.717) is 6.04 Å². The van der Waals surface area contributed by atoms with Gasteiger partial charge >= 0.3 is 0 Å². The molecule has 0 heterocycles. The lowest BCUT2D eigenvalue weighted by molar-refractivity contribution is 0.570. The molecule has 0 aromatic heterocycles. The zero-order chi connectivity index (χ0) is 15.0. The van der Waals surface area contributed by atoms with E-state index in [9.17, 15) is 0 Å². The Kier molecular flexibility index (Phi) is 7.71. The van der Waals surface area contributed by atoms with Gasteiger partial charge in [0, 0.05) is 19.1 Å². The zero-order valence-electron chi connectivity index (χ0n) is 13.0. The lowest BCUT2D eigenvalue weighted by Crippen LogP contribution is -2.24. The first-order chi connectivity index (χ1) is 9.63. The van der Waals surface area contributed by atoms with E-state index in [0.717, 1.165) is 43.2 Å². The largest absolute Gasteiger partial charge is 0.367 e. The summed E-state index contributed by atoms with van der Waals surface area (Å²) in [4.78, 5) is 2.27. The summed E-state index contributed by atoms with van der Waals surface area (Å²) in [6, 6.07) is 6.71. The minimum atomic E-state index is 0.334. The Bertz CT molecular complexity index is 417. The maximum Gasteiger partial charge on any atom is 0.0643 e. The fraction of sp³-hybridized carbons (Fsp3) is 0.529. The summed E-state index contributed by atoms with van der Waals surface area (Å²) in [5, 5.41) is 4.31. The molecule has 3 heteroatoms. The number of hydrogen-bond acceptors (Lipinski definition) is 2. The standard InChI is InChI=1S/C17H27ClN2/c1-5-10-19-14(4)15-8-9-17(16(18)13-15)20(11-6-2)12-7-3/h6,8-9,13-14,19H,2,5,7,10-12H2,1,3-4H3. The predicted octanol–water partition coefficient (Wildman–Crippen LogP) is 4.80. The maximum absolute atomic E-state index is 6.47. The van der Waals surface area contributed by atoms with Crippen LogP contribution in [-0.4, -0.2) is 19.6 Å². The van der Waals surface area contributed by atoms with Crippen LogP contribution < -0.4 is 10.2 Å². The molecule has 0 bridgehead atoms. The maximum atomic E-state index is 6.47. The van der Waals surface area contributed by atoms with E-state index in [1.165, 1.54) is 5.56 Å². The van der Waals surface area contributed by atoms with Crippen LogP contribution in [0, 0.1) is 0 Å². The summed E-state index contributed by atoms with van der Waals surface area (Å²) in [6.45, 7) is 13.2. The monoisotopic (exact) mass is 294 g/mol. The number of benzene rings is 1. The third-order valence-electron chi connectivity index (χ3n) is 3.36. The Morgan fingerprint density at radius 2 is 2.10 bits per heavy atom. The first-order valence-electron chi connectivity index (χ1n) is 7.52. The van der Waals surface area contributed by atoms with Gasteiger partial charge in [-0.25, -0.2) is 0 Å². The van der Waals surface area contributed by atoms with Gasteiger partial charge in [-0.05, 0) is 44.0 Å². The van der Waals surface area contributed by atoms with E-state index >= 15 is 0 Å². The van der Waals surface area contributed by atoms with Crippen molar-refractivity contribution in [2.24, 2.45) is 0 Å². The summed E-state index contributed by atoms with van der Waals surface area (Å²) >= 11 is 6.47. The topological polar surface area (TPSA) is 15.3 Å². The summed E-state index contributed by atoms with van der Waals surface area (Å²) in [6.07, 6.45) is 4.16. The molecule has 0 fully saturated rings. The molecule has 0 saturated heterocycles. The lowest BCUT2D eigenvalue weighted by atomic mass is 10.1. The van der Waals surface area contributed by atoms with Gasteiger partial charge in [0.05, 0.1) is 10.7 Å². The Morgan fingerprint density at radius 1 is 1.35 bits per heavy atom. The molecular formula is C17H27ClN2. The van der Waals surface area contributed by atoms with Gasteiger partial charge in [0.25, 0.3) is 0 Å². The highest BCUT2D eigenvalue weighted by atomic mass is 35.5. The van der Waals surface area contributed by atoms with Gasteiger partial charge in [-0.15, -0.1) is 6.58 Å². The van der Waals surface area contributed by atoms with Gasteiger partial charge in [0.15, 0.2) is 0 Å². The summed E-state index contributed by atoms with van der Waals surface area (Å²) in [5.41, 5.74) is 2.34. The summed E-state index contributed by atoms with van der Waals surface area (Å²) in [5.74, 6) is 0. The first-order valence-corrected chi connectivity index (χ1v) is 7.90. The molecule has 1 aromatic rings. The molecule has 1 atom stereocenters. The van der Waals surface area contributed by atoms with Gasteiger partial charge in [-0.1, -0.05) is 37.6 Å². The number of halogens is 1. The molecule has 1 N–H and O–H groups in total. The molecule has 1 aromatic carbocycles. The highest BCUT2D eigenvalue weighted by Gasteiger charge is 2.11. The third-order valence-corrected chi connectivity index (χ3v) is 3.66. The van der Waals surface area contributed by atoms with Gasteiger partial charge in [-0.2, -0.15) is 0 Å². The number of hydrogen-bond donors (Lipinski definition) is 1. The van der Waals surface area contributed by atoms with E-state index in [-0.39, 0.29) is 0 Å². The van der Waals surface area contributed by atoms with Crippen molar-refractivity contribution < 1.29 is 0 Å². The lowest BCUT2D eigenvalue weighted by Gasteiger charge is -2.25. The molecular weight excluding hydrogens is 268 g/mol. The van der Waals surface area contributed by atoms with Crippen molar-refractivity contribution in [1.82, 2.24) is 5.32 Å². The van der Waals surface area contributed by atoms with Crippen LogP contribution in [0.5, 0.6) is 0 Å². The molecule has 112 valence electrons. The molecule has 20 heavy (non-hydrogen) atoms.